The van der Waals surface area contributed by atoms with Gasteiger partial charge < -0.3 is 15.2 Å². The highest BCUT2D eigenvalue weighted by molar-refractivity contribution is 6.31. The first kappa shape index (κ1) is 18.0. The molecule has 5 nitrogen and oxygen atoms in total. The molecule has 1 aromatic heterocycles. The lowest BCUT2D eigenvalue weighted by Gasteiger charge is -2.34. The van der Waals surface area contributed by atoms with E-state index in [1.807, 2.05) is 36.9 Å². The Hall–Kier alpha value is -1.85. The highest BCUT2D eigenvalue weighted by atomic mass is 35.5. The number of carbonyl (C=O) groups excluding carboxylic acids is 1. The van der Waals surface area contributed by atoms with E-state index in [-0.39, 0.29) is 23.4 Å². The maximum absolute atomic E-state index is 12.3. The van der Waals surface area contributed by atoms with Gasteiger partial charge in [0.15, 0.2) is 0 Å². The normalized spacial score (nSPS) is 18.1. The minimum Gasteiger partial charge on any atom is -0.341 e. The van der Waals surface area contributed by atoms with E-state index in [1.165, 1.54) is 0 Å². The molecule has 3 rings (SSSR count). The van der Waals surface area contributed by atoms with Crippen LogP contribution in [0.3, 0.4) is 0 Å². The van der Waals surface area contributed by atoms with Crippen LogP contribution in [-0.4, -0.2) is 34.9 Å². The van der Waals surface area contributed by atoms with Crippen molar-refractivity contribution in [2.45, 2.75) is 39.3 Å². The summed E-state index contributed by atoms with van der Waals surface area (Å²) in [5.74, 6) is 0.223. The van der Waals surface area contributed by atoms with Crippen molar-refractivity contribution in [2.75, 3.05) is 13.1 Å². The minimum atomic E-state index is -0.104. The molecule has 0 radical (unpaired) electrons. The number of pyridine rings is 1. The number of amides is 1. The molecule has 1 amide bonds. The number of halogens is 1. The van der Waals surface area contributed by atoms with Gasteiger partial charge in [0.25, 0.3) is 5.56 Å². The zero-order valence-electron chi connectivity index (χ0n) is 14.6. The Kier molecular flexibility index (Phi) is 5.45. The summed E-state index contributed by atoms with van der Waals surface area (Å²) in [6.45, 7) is 5.88. The predicted molar refractivity (Wildman–Crippen MR) is 101 cm³/mol. The Morgan fingerprint density at radius 1 is 1.40 bits per heavy atom. The van der Waals surface area contributed by atoms with Gasteiger partial charge in [-0.2, -0.15) is 0 Å². The number of fused-ring (bicyclic) bond motifs is 1. The van der Waals surface area contributed by atoms with Gasteiger partial charge in [0, 0.05) is 47.7 Å². The molecule has 1 fully saturated rings. The number of nitrogens with zero attached hydrogens (tertiary/aromatic N) is 1. The molecule has 1 aliphatic rings. The Balaban J connectivity index is 1.68. The van der Waals surface area contributed by atoms with Gasteiger partial charge in [-0.3, -0.25) is 9.59 Å². The van der Waals surface area contributed by atoms with Gasteiger partial charge in [-0.15, -0.1) is 0 Å². The van der Waals surface area contributed by atoms with Crippen LogP contribution in [0, 0.1) is 5.92 Å². The number of aromatic nitrogens is 1. The Labute approximate surface area is 152 Å². The van der Waals surface area contributed by atoms with E-state index in [9.17, 15) is 9.59 Å². The largest absolute Gasteiger partial charge is 0.341 e. The number of nitrogens with one attached hydrogen (secondary N) is 2. The molecule has 0 saturated carbocycles. The molecule has 1 aromatic carbocycles. The van der Waals surface area contributed by atoms with Crippen molar-refractivity contribution in [3.63, 3.8) is 0 Å². The second kappa shape index (κ2) is 7.58. The second-order valence-corrected chi connectivity index (χ2v) is 7.45. The number of rotatable bonds is 4. The summed E-state index contributed by atoms with van der Waals surface area (Å²) in [6.07, 6.45) is 2.01. The molecule has 6 heteroatoms. The topological polar surface area (TPSA) is 65.2 Å². The number of piperidine rings is 1. The summed E-state index contributed by atoms with van der Waals surface area (Å²) < 4.78 is 0. The van der Waals surface area contributed by atoms with E-state index >= 15 is 0 Å². The Morgan fingerprint density at radius 3 is 2.96 bits per heavy atom. The van der Waals surface area contributed by atoms with Crippen molar-refractivity contribution < 1.29 is 4.79 Å². The minimum absolute atomic E-state index is 0.0221. The highest BCUT2D eigenvalue weighted by Gasteiger charge is 2.24. The Bertz CT molecular complexity index is 831. The first-order chi connectivity index (χ1) is 11.9. The van der Waals surface area contributed by atoms with E-state index in [0.717, 1.165) is 30.3 Å². The zero-order chi connectivity index (χ0) is 18.0. The molecule has 2 aromatic rings. The molecule has 0 unspecified atom stereocenters. The molecule has 1 aliphatic heterocycles. The average Bonchev–Trinajstić information content (AvgIpc) is 2.59. The quantitative estimate of drug-likeness (QED) is 0.880. The molecular weight excluding hydrogens is 338 g/mol. The molecule has 0 aliphatic carbocycles. The maximum atomic E-state index is 12.3. The van der Waals surface area contributed by atoms with E-state index in [0.29, 0.717) is 23.7 Å². The summed E-state index contributed by atoms with van der Waals surface area (Å²) in [5, 5.41) is 5.00. The molecule has 25 heavy (non-hydrogen) atoms. The van der Waals surface area contributed by atoms with Crippen molar-refractivity contribution >= 4 is 28.4 Å². The molecule has 134 valence electrons. The van der Waals surface area contributed by atoms with Gasteiger partial charge in [0.05, 0.1) is 0 Å². The van der Waals surface area contributed by atoms with Gasteiger partial charge in [0.2, 0.25) is 5.91 Å². The van der Waals surface area contributed by atoms with Crippen molar-refractivity contribution in [1.29, 1.82) is 0 Å². The zero-order valence-corrected chi connectivity index (χ0v) is 15.4. The van der Waals surface area contributed by atoms with E-state index in [2.05, 4.69) is 10.3 Å². The second-order valence-electron chi connectivity index (χ2n) is 7.01. The monoisotopic (exact) mass is 361 g/mol. The van der Waals surface area contributed by atoms with Crippen molar-refractivity contribution in [3.8, 4) is 0 Å². The lowest BCUT2D eigenvalue weighted by Crippen LogP contribution is -2.49. The van der Waals surface area contributed by atoms with Gasteiger partial charge in [0.1, 0.15) is 0 Å². The molecular formula is C19H24ClN3O2. The van der Waals surface area contributed by atoms with Crippen LogP contribution in [0.4, 0.5) is 0 Å². The van der Waals surface area contributed by atoms with Crippen LogP contribution in [0.1, 0.15) is 32.3 Å². The third-order valence-corrected chi connectivity index (χ3v) is 4.93. The maximum Gasteiger partial charge on any atom is 0.252 e. The van der Waals surface area contributed by atoms with Crippen molar-refractivity contribution in [3.05, 3.63) is 45.2 Å². The predicted octanol–water partition coefficient (Wildman–Crippen LogP) is 2.92. The van der Waals surface area contributed by atoms with Crippen LogP contribution in [0.15, 0.2) is 29.1 Å². The number of hydrogen-bond donors (Lipinski definition) is 2. The highest BCUT2D eigenvalue weighted by Crippen LogP contribution is 2.17. The van der Waals surface area contributed by atoms with Crippen LogP contribution < -0.4 is 10.9 Å². The lowest BCUT2D eigenvalue weighted by molar-refractivity contribution is -0.135. The fourth-order valence-corrected chi connectivity index (χ4v) is 3.49. The average molecular weight is 362 g/mol. The van der Waals surface area contributed by atoms with Gasteiger partial charge in [-0.05, 0) is 36.4 Å². The number of likely N-dealkylation sites (tertiary alicyclic amines) is 1. The van der Waals surface area contributed by atoms with Crippen molar-refractivity contribution in [1.82, 2.24) is 15.2 Å². The molecule has 2 N–H and O–H groups in total. The first-order valence-electron chi connectivity index (χ1n) is 8.77. The Morgan fingerprint density at radius 2 is 2.20 bits per heavy atom. The first-order valence-corrected chi connectivity index (χ1v) is 9.15. The van der Waals surface area contributed by atoms with Gasteiger partial charge in [-0.25, -0.2) is 0 Å². The van der Waals surface area contributed by atoms with E-state index in [1.54, 1.807) is 6.07 Å². The van der Waals surface area contributed by atoms with Gasteiger partial charge in [-0.1, -0.05) is 31.5 Å². The van der Waals surface area contributed by atoms with E-state index in [4.69, 9.17) is 11.6 Å². The SMILES string of the molecule is CC(C)C(=O)N1CCC[C@H](NCc2cc3ccc(Cl)cc3[nH]c2=O)C1. The van der Waals surface area contributed by atoms with Gasteiger partial charge >= 0.3 is 0 Å². The third-order valence-electron chi connectivity index (χ3n) is 4.69. The van der Waals surface area contributed by atoms with Crippen LogP contribution in [0.25, 0.3) is 10.9 Å². The number of H-pyrrole nitrogens is 1. The van der Waals surface area contributed by atoms with Crippen LogP contribution in [-0.2, 0) is 11.3 Å². The number of benzene rings is 1. The molecule has 2 heterocycles. The fraction of sp³-hybridized carbons (Fsp3) is 0.474. The summed E-state index contributed by atoms with van der Waals surface area (Å²) in [6, 6.07) is 7.59. The summed E-state index contributed by atoms with van der Waals surface area (Å²) >= 11 is 5.97. The van der Waals surface area contributed by atoms with Crippen molar-refractivity contribution in [2.24, 2.45) is 5.92 Å². The van der Waals surface area contributed by atoms with Crippen LogP contribution in [0.2, 0.25) is 5.02 Å². The number of carbonyl (C=O) groups is 1. The van der Waals surface area contributed by atoms with Crippen LogP contribution >= 0.6 is 11.6 Å². The van der Waals surface area contributed by atoms with E-state index < -0.39 is 0 Å². The summed E-state index contributed by atoms with van der Waals surface area (Å²) in [5.41, 5.74) is 1.34. The molecule has 0 bridgehead atoms. The molecule has 1 atom stereocenters. The third kappa shape index (κ3) is 4.22. The summed E-state index contributed by atoms with van der Waals surface area (Å²) in [7, 11) is 0. The van der Waals surface area contributed by atoms with Crippen LogP contribution in [0.5, 0.6) is 0 Å². The fourth-order valence-electron chi connectivity index (χ4n) is 3.31. The standard InChI is InChI=1S/C19H24ClN3O2/c1-12(2)19(25)23-7-3-4-16(11-23)21-10-14-8-13-5-6-15(20)9-17(13)22-18(14)24/h5-6,8-9,12,16,21H,3-4,7,10-11H2,1-2H3,(H,22,24)/t16-/m0/s1. The smallest absolute Gasteiger partial charge is 0.252 e. The summed E-state index contributed by atoms with van der Waals surface area (Å²) in [4.78, 5) is 29.3. The number of hydrogen-bond acceptors (Lipinski definition) is 3. The molecule has 1 saturated heterocycles. The number of aromatic amines is 1. The lowest BCUT2D eigenvalue weighted by atomic mass is 10.0. The molecule has 0 spiro atoms.